The predicted octanol–water partition coefficient (Wildman–Crippen LogP) is 3.17. The molecular weight excluding hydrogens is 426 g/mol. The Balaban J connectivity index is 2.08. The molecule has 0 aliphatic heterocycles. The number of sulfonamides is 2. The lowest BCUT2D eigenvalue weighted by Crippen LogP contribution is -2.33. The molecule has 0 saturated heterocycles. The second-order valence-electron chi connectivity index (χ2n) is 8.05. The van der Waals surface area contributed by atoms with Crippen molar-refractivity contribution < 1.29 is 21.6 Å². The second-order valence-corrected chi connectivity index (χ2v) is 12.2. The summed E-state index contributed by atoms with van der Waals surface area (Å²) in [6.07, 6.45) is 0. The lowest BCUT2D eigenvalue weighted by Gasteiger charge is -2.20. The molecule has 0 heterocycles. The average Bonchev–Trinajstić information content (AvgIpc) is 2.60. The van der Waals surface area contributed by atoms with Gasteiger partial charge in [-0.25, -0.2) is 21.6 Å². The molecule has 2 aromatic rings. The molecule has 3 N–H and O–H groups in total. The Hall–Kier alpha value is -2.43. The van der Waals surface area contributed by atoms with Gasteiger partial charge < -0.3 is 5.32 Å². The van der Waals surface area contributed by atoms with Gasteiger partial charge in [-0.15, -0.1) is 0 Å². The van der Waals surface area contributed by atoms with Crippen molar-refractivity contribution in [3.8, 4) is 0 Å². The van der Waals surface area contributed by atoms with Gasteiger partial charge >= 0.3 is 0 Å². The third-order valence-corrected chi connectivity index (χ3v) is 7.81. The van der Waals surface area contributed by atoms with Gasteiger partial charge in [-0.2, -0.15) is 0 Å². The van der Waals surface area contributed by atoms with Crippen molar-refractivity contribution in [3.05, 3.63) is 54.1 Å². The van der Waals surface area contributed by atoms with Crippen LogP contribution >= 0.6 is 0 Å². The zero-order valence-corrected chi connectivity index (χ0v) is 19.2. The van der Waals surface area contributed by atoms with Crippen LogP contribution in [0.25, 0.3) is 0 Å². The maximum Gasteiger partial charge on any atom is 0.255 e. The molecule has 2 rings (SSSR count). The Bertz CT molecular complexity index is 1100. The first kappa shape index (κ1) is 23.8. The van der Waals surface area contributed by atoms with E-state index in [0.29, 0.717) is 16.9 Å². The van der Waals surface area contributed by atoms with Gasteiger partial charge in [0.2, 0.25) is 20.0 Å². The van der Waals surface area contributed by atoms with Crippen LogP contribution in [0.3, 0.4) is 0 Å². The zero-order valence-electron chi connectivity index (χ0n) is 17.6. The number of carbonyl (C=O) groups is 1. The van der Waals surface area contributed by atoms with Crippen molar-refractivity contribution in [2.45, 2.75) is 50.3 Å². The van der Waals surface area contributed by atoms with Gasteiger partial charge in [-0.05, 0) is 83.1 Å². The van der Waals surface area contributed by atoms with E-state index in [0.717, 1.165) is 0 Å². The number of carbonyl (C=O) groups excluding carboxylic acids is 1. The van der Waals surface area contributed by atoms with Gasteiger partial charge in [0.05, 0.1) is 9.64 Å². The summed E-state index contributed by atoms with van der Waals surface area (Å²) in [5, 5.41) is 2.68. The number of hydrogen-bond donors (Lipinski definition) is 3. The Morgan fingerprint density at radius 2 is 1.33 bits per heavy atom. The summed E-state index contributed by atoms with van der Waals surface area (Å²) in [6.45, 7) is 8.22. The Labute approximate surface area is 178 Å². The smallest absolute Gasteiger partial charge is 0.255 e. The van der Waals surface area contributed by atoms with Crippen LogP contribution in [0.1, 0.15) is 45.0 Å². The molecule has 0 unspecified atom stereocenters. The highest BCUT2D eigenvalue weighted by Crippen LogP contribution is 2.20. The second kappa shape index (κ2) is 8.75. The van der Waals surface area contributed by atoms with E-state index < -0.39 is 30.7 Å². The maximum atomic E-state index is 12.4. The molecule has 0 aromatic heterocycles. The molecular formula is C20H27N3O5S2. The SMILES string of the molecule is CC(C)NS(=O)(=O)c1ccc(NC(=O)c2ccc(NS(=O)(=O)C(C)(C)C)cc2)cc1. The largest absolute Gasteiger partial charge is 0.322 e. The summed E-state index contributed by atoms with van der Waals surface area (Å²) in [7, 11) is -7.17. The molecule has 30 heavy (non-hydrogen) atoms. The van der Waals surface area contributed by atoms with Crippen LogP contribution < -0.4 is 14.8 Å². The van der Waals surface area contributed by atoms with E-state index in [1.807, 2.05) is 0 Å². The van der Waals surface area contributed by atoms with Crippen LogP contribution in [0.4, 0.5) is 11.4 Å². The summed E-state index contributed by atoms with van der Waals surface area (Å²) in [5.74, 6) is -0.406. The van der Waals surface area contributed by atoms with Crippen molar-refractivity contribution in [2.75, 3.05) is 10.0 Å². The van der Waals surface area contributed by atoms with Gasteiger partial charge in [0.15, 0.2) is 0 Å². The summed E-state index contributed by atoms with van der Waals surface area (Å²) in [4.78, 5) is 12.5. The normalized spacial score (nSPS) is 12.6. The quantitative estimate of drug-likeness (QED) is 0.594. The highest BCUT2D eigenvalue weighted by Gasteiger charge is 2.28. The fraction of sp³-hybridized carbons (Fsp3) is 0.350. The third-order valence-electron chi connectivity index (χ3n) is 4.02. The summed E-state index contributed by atoms with van der Waals surface area (Å²) in [6, 6.07) is 11.6. The molecule has 0 fully saturated rings. The maximum absolute atomic E-state index is 12.4. The van der Waals surface area contributed by atoms with Gasteiger partial charge in [-0.1, -0.05) is 0 Å². The minimum atomic E-state index is -3.61. The molecule has 164 valence electrons. The molecule has 1 amide bonds. The van der Waals surface area contributed by atoms with E-state index in [2.05, 4.69) is 14.8 Å². The standard InChI is InChI=1S/C20H27N3O5S2/c1-14(2)22-29(25,26)18-12-10-16(11-13-18)21-19(24)15-6-8-17(9-7-15)23-30(27,28)20(3,4)5/h6-14,22-23H,1-5H3,(H,21,24). The minimum absolute atomic E-state index is 0.102. The first-order valence-electron chi connectivity index (χ1n) is 9.27. The molecule has 0 bridgehead atoms. The summed E-state index contributed by atoms with van der Waals surface area (Å²) >= 11 is 0. The van der Waals surface area contributed by atoms with E-state index in [1.165, 1.54) is 48.5 Å². The van der Waals surface area contributed by atoms with Crippen LogP contribution in [0.5, 0.6) is 0 Å². The lowest BCUT2D eigenvalue weighted by atomic mass is 10.2. The van der Waals surface area contributed by atoms with Crippen molar-refractivity contribution in [3.63, 3.8) is 0 Å². The van der Waals surface area contributed by atoms with Gasteiger partial charge in [0.1, 0.15) is 0 Å². The van der Waals surface area contributed by atoms with Crippen LogP contribution in [-0.4, -0.2) is 33.5 Å². The molecule has 0 spiro atoms. The van der Waals surface area contributed by atoms with Crippen LogP contribution in [0, 0.1) is 0 Å². The van der Waals surface area contributed by atoms with Crippen LogP contribution in [0.2, 0.25) is 0 Å². The number of rotatable bonds is 7. The number of nitrogens with one attached hydrogen (secondary N) is 3. The van der Waals surface area contributed by atoms with Gasteiger partial charge in [-0.3, -0.25) is 9.52 Å². The highest BCUT2D eigenvalue weighted by atomic mass is 32.2. The van der Waals surface area contributed by atoms with E-state index in [1.54, 1.807) is 34.6 Å². The molecule has 8 nitrogen and oxygen atoms in total. The number of anilines is 2. The van der Waals surface area contributed by atoms with E-state index in [-0.39, 0.29) is 10.9 Å². The number of hydrogen-bond acceptors (Lipinski definition) is 5. The monoisotopic (exact) mass is 453 g/mol. The number of amides is 1. The molecule has 2 aromatic carbocycles. The van der Waals surface area contributed by atoms with E-state index in [4.69, 9.17) is 0 Å². The molecule has 0 aliphatic carbocycles. The number of benzene rings is 2. The fourth-order valence-electron chi connectivity index (χ4n) is 2.30. The van der Waals surface area contributed by atoms with Crippen LogP contribution in [0.15, 0.2) is 53.4 Å². The minimum Gasteiger partial charge on any atom is -0.322 e. The van der Waals surface area contributed by atoms with Crippen molar-refractivity contribution in [2.24, 2.45) is 0 Å². The third kappa shape index (κ3) is 6.04. The van der Waals surface area contributed by atoms with Crippen molar-refractivity contribution in [1.82, 2.24) is 4.72 Å². The fourth-order valence-corrected chi connectivity index (χ4v) is 4.30. The Morgan fingerprint density at radius 3 is 1.80 bits per heavy atom. The van der Waals surface area contributed by atoms with Crippen molar-refractivity contribution >= 4 is 37.3 Å². The predicted molar refractivity (Wildman–Crippen MR) is 119 cm³/mol. The summed E-state index contributed by atoms with van der Waals surface area (Å²) in [5.41, 5.74) is 1.11. The molecule has 10 heteroatoms. The first-order chi connectivity index (χ1) is 13.7. The zero-order chi connectivity index (χ0) is 22.7. The molecule has 0 radical (unpaired) electrons. The Kier molecular flexibility index (Phi) is 6.95. The van der Waals surface area contributed by atoms with E-state index in [9.17, 15) is 21.6 Å². The first-order valence-corrected chi connectivity index (χ1v) is 12.2. The molecule has 0 saturated carbocycles. The molecule has 0 atom stereocenters. The molecule has 0 aliphatic rings. The van der Waals surface area contributed by atoms with Crippen LogP contribution in [-0.2, 0) is 20.0 Å². The van der Waals surface area contributed by atoms with Gasteiger partial charge in [0.25, 0.3) is 5.91 Å². The van der Waals surface area contributed by atoms with E-state index >= 15 is 0 Å². The summed E-state index contributed by atoms with van der Waals surface area (Å²) < 4.78 is 52.7. The topological polar surface area (TPSA) is 121 Å². The Morgan fingerprint density at radius 1 is 0.833 bits per heavy atom. The average molecular weight is 454 g/mol. The van der Waals surface area contributed by atoms with Gasteiger partial charge in [0, 0.05) is 23.0 Å². The van der Waals surface area contributed by atoms with Crippen molar-refractivity contribution in [1.29, 1.82) is 0 Å². The lowest BCUT2D eigenvalue weighted by molar-refractivity contribution is 0.102. The highest BCUT2D eigenvalue weighted by molar-refractivity contribution is 7.94.